The lowest BCUT2D eigenvalue weighted by atomic mass is 9.85. The van der Waals surface area contributed by atoms with Crippen molar-refractivity contribution in [3.8, 4) is 11.5 Å². The summed E-state index contributed by atoms with van der Waals surface area (Å²) in [7, 11) is 3.88. The van der Waals surface area contributed by atoms with Crippen LogP contribution in [0.3, 0.4) is 0 Å². The summed E-state index contributed by atoms with van der Waals surface area (Å²) in [5.74, 6) is 2.58. The molecule has 1 aliphatic heterocycles. The number of likely N-dealkylation sites (tertiary alicyclic amines) is 1. The molecule has 0 radical (unpaired) electrons. The molecule has 0 saturated carbocycles. The molecule has 6 heteroatoms. The van der Waals surface area contributed by atoms with Gasteiger partial charge in [0.2, 0.25) is 0 Å². The first kappa shape index (κ1) is 22.0. The van der Waals surface area contributed by atoms with Gasteiger partial charge in [0.15, 0.2) is 5.96 Å². The van der Waals surface area contributed by atoms with Gasteiger partial charge in [-0.3, -0.25) is 9.89 Å². The van der Waals surface area contributed by atoms with Gasteiger partial charge in [-0.2, -0.15) is 0 Å². The fourth-order valence-electron chi connectivity index (χ4n) is 4.07. The van der Waals surface area contributed by atoms with Gasteiger partial charge < -0.3 is 20.5 Å². The number of aliphatic imine (C=N–C) groups is 1. The Morgan fingerprint density at radius 3 is 2.43 bits per heavy atom. The summed E-state index contributed by atoms with van der Waals surface area (Å²) < 4.78 is 11.0. The zero-order chi connectivity index (χ0) is 21.5. The fourth-order valence-corrected chi connectivity index (χ4v) is 4.07. The smallest absolute Gasteiger partial charge is 0.193 e. The lowest BCUT2D eigenvalue weighted by Gasteiger charge is -2.39. The van der Waals surface area contributed by atoms with Crippen molar-refractivity contribution in [3.05, 3.63) is 54.1 Å². The highest BCUT2D eigenvalue weighted by molar-refractivity contribution is 5.92. The van der Waals surface area contributed by atoms with Gasteiger partial charge in [0.25, 0.3) is 0 Å². The molecule has 1 aliphatic rings. The quantitative estimate of drug-likeness (QED) is 0.526. The maximum atomic E-state index is 6.18. The molecule has 0 bridgehead atoms. The molecule has 2 unspecified atom stereocenters. The number of nitrogens with zero attached hydrogens (tertiary/aromatic N) is 2. The number of guanidine groups is 1. The Kier molecular flexibility index (Phi) is 7.57. The summed E-state index contributed by atoms with van der Waals surface area (Å²) in [4.78, 5) is 7.08. The van der Waals surface area contributed by atoms with Gasteiger partial charge in [-0.25, -0.2) is 0 Å². The minimum atomic E-state index is 0.155. The largest absolute Gasteiger partial charge is 0.497 e. The molecule has 1 fully saturated rings. The Balaban J connectivity index is 1.64. The predicted molar refractivity (Wildman–Crippen MR) is 123 cm³/mol. The second-order valence-corrected chi connectivity index (χ2v) is 8.14. The van der Waals surface area contributed by atoms with E-state index < -0.39 is 0 Å². The highest BCUT2D eigenvalue weighted by Gasteiger charge is 2.30. The standard InChI is InChI=1S/C24H34N4O2/c1-17(2)30-22-13-9-20(10-14-22)27-24(25)26-16-19-6-5-15-28(3)23(19)18-7-11-21(29-4)12-8-18/h7-14,17,19,23H,5-6,15-16H2,1-4H3,(H3,25,26,27). The summed E-state index contributed by atoms with van der Waals surface area (Å²) in [5.41, 5.74) is 8.38. The number of nitrogens with one attached hydrogen (secondary N) is 1. The van der Waals surface area contributed by atoms with Gasteiger partial charge in [0, 0.05) is 18.3 Å². The van der Waals surface area contributed by atoms with Crippen LogP contribution in [0, 0.1) is 5.92 Å². The Morgan fingerprint density at radius 1 is 1.13 bits per heavy atom. The predicted octanol–water partition coefficient (Wildman–Crippen LogP) is 4.29. The third-order valence-electron chi connectivity index (χ3n) is 5.46. The van der Waals surface area contributed by atoms with Gasteiger partial charge in [-0.15, -0.1) is 0 Å². The molecule has 30 heavy (non-hydrogen) atoms. The Labute approximate surface area is 180 Å². The van der Waals surface area contributed by atoms with Crippen LogP contribution < -0.4 is 20.5 Å². The molecule has 0 aliphatic carbocycles. The second kappa shape index (κ2) is 10.3. The van der Waals surface area contributed by atoms with Gasteiger partial charge in [-0.05, 0) is 88.2 Å². The van der Waals surface area contributed by atoms with Crippen molar-refractivity contribution in [2.24, 2.45) is 16.6 Å². The number of hydrogen-bond donors (Lipinski definition) is 2. The molecule has 2 aromatic rings. The molecule has 162 valence electrons. The number of hydrogen-bond acceptors (Lipinski definition) is 4. The first-order valence-corrected chi connectivity index (χ1v) is 10.6. The van der Waals surface area contributed by atoms with Gasteiger partial charge in [0.05, 0.1) is 13.2 Å². The third kappa shape index (κ3) is 5.89. The van der Waals surface area contributed by atoms with Gasteiger partial charge in [0.1, 0.15) is 11.5 Å². The van der Waals surface area contributed by atoms with Crippen LogP contribution in [-0.2, 0) is 0 Å². The Morgan fingerprint density at radius 2 is 1.80 bits per heavy atom. The number of rotatable bonds is 7. The summed E-state index contributed by atoms with van der Waals surface area (Å²) in [6.07, 6.45) is 2.47. The first-order chi connectivity index (χ1) is 14.5. The lowest BCUT2D eigenvalue weighted by Crippen LogP contribution is -2.38. The van der Waals surface area contributed by atoms with Crippen LogP contribution in [0.4, 0.5) is 5.69 Å². The van der Waals surface area contributed by atoms with Crippen molar-refractivity contribution in [1.29, 1.82) is 0 Å². The second-order valence-electron chi connectivity index (χ2n) is 8.14. The molecule has 1 saturated heterocycles. The zero-order valence-corrected chi connectivity index (χ0v) is 18.5. The van der Waals surface area contributed by atoms with Crippen LogP contribution in [-0.4, -0.2) is 44.2 Å². The van der Waals surface area contributed by atoms with Crippen molar-refractivity contribution < 1.29 is 9.47 Å². The van der Waals surface area contributed by atoms with Crippen molar-refractivity contribution in [1.82, 2.24) is 4.90 Å². The normalized spacial score (nSPS) is 20.2. The van der Waals surface area contributed by atoms with Crippen LogP contribution in [0.15, 0.2) is 53.5 Å². The van der Waals surface area contributed by atoms with E-state index in [4.69, 9.17) is 15.2 Å². The van der Waals surface area contributed by atoms with E-state index in [1.54, 1.807) is 7.11 Å². The molecule has 2 atom stereocenters. The SMILES string of the molecule is COc1ccc(C2C(CN=C(N)Nc3ccc(OC(C)C)cc3)CCCN2C)cc1. The van der Waals surface area contributed by atoms with E-state index in [0.29, 0.717) is 24.5 Å². The molecule has 2 aromatic carbocycles. The monoisotopic (exact) mass is 410 g/mol. The number of benzene rings is 2. The number of methoxy groups -OCH3 is 1. The number of piperidine rings is 1. The average Bonchev–Trinajstić information content (AvgIpc) is 2.73. The van der Waals surface area contributed by atoms with E-state index in [1.165, 1.54) is 12.0 Å². The first-order valence-electron chi connectivity index (χ1n) is 10.6. The summed E-state index contributed by atoms with van der Waals surface area (Å²) >= 11 is 0. The Hall–Kier alpha value is -2.73. The van der Waals surface area contributed by atoms with E-state index >= 15 is 0 Å². The molecular formula is C24H34N4O2. The van der Waals surface area contributed by atoms with Crippen LogP contribution in [0.2, 0.25) is 0 Å². The van der Waals surface area contributed by atoms with Crippen molar-refractivity contribution in [3.63, 3.8) is 0 Å². The van der Waals surface area contributed by atoms with E-state index in [2.05, 4.69) is 34.4 Å². The number of ether oxygens (including phenoxy) is 2. The maximum Gasteiger partial charge on any atom is 0.193 e. The molecule has 1 heterocycles. The lowest BCUT2D eigenvalue weighted by molar-refractivity contribution is 0.125. The molecule has 0 aromatic heterocycles. The molecule has 3 rings (SSSR count). The minimum Gasteiger partial charge on any atom is -0.497 e. The molecule has 0 amide bonds. The summed E-state index contributed by atoms with van der Waals surface area (Å²) in [6.45, 7) is 5.81. The van der Waals surface area contributed by atoms with Gasteiger partial charge >= 0.3 is 0 Å². The highest BCUT2D eigenvalue weighted by atomic mass is 16.5. The van der Waals surface area contributed by atoms with E-state index in [-0.39, 0.29) is 6.10 Å². The molecule has 6 nitrogen and oxygen atoms in total. The molecule has 0 spiro atoms. The fraction of sp³-hybridized carbons (Fsp3) is 0.458. The summed E-state index contributed by atoms with van der Waals surface area (Å²) in [5, 5.41) is 3.18. The van der Waals surface area contributed by atoms with Gasteiger partial charge in [-0.1, -0.05) is 12.1 Å². The number of anilines is 1. The van der Waals surface area contributed by atoms with E-state index in [1.807, 2.05) is 50.2 Å². The molecule has 3 N–H and O–H groups in total. The van der Waals surface area contributed by atoms with Crippen LogP contribution >= 0.6 is 0 Å². The van der Waals surface area contributed by atoms with E-state index in [9.17, 15) is 0 Å². The Bertz CT molecular complexity index is 818. The maximum absolute atomic E-state index is 6.18. The van der Waals surface area contributed by atoms with Crippen LogP contribution in [0.25, 0.3) is 0 Å². The van der Waals surface area contributed by atoms with Crippen molar-refractivity contribution >= 4 is 11.6 Å². The minimum absolute atomic E-state index is 0.155. The van der Waals surface area contributed by atoms with Crippen LogP contribution in [0.5, 0.6) is 11.5 Å². The summed E-state index contributed by atoms with van der Waals surface area (Å²) in [6, 6.07) is 16.5. The number of nitrogens with two attached hydrogens (primary N) is 1. The average molecular weight is 411 g/mol. The zero-order valence-electron chi connectivity index (χ0n) is 18.5. The third-order valence-corrected chi connectivity index (χ3v) is 5.46. The van der Waals surface area contributed by atoms with E-state index in [0.717, 1.165) is 30.2 Å². The van der Waals surface area contributed by atoms with Crippen molar-refractivity contribution in [2.75, 3.05) is 32.6 Å². The highest BCUT2D eigenvalue weighted by Crippen LogP contribution is 2.35. The molecular weight excluding hydrogens is 376 g/mol. The topological polar surface area (TPSA) is 72.1 Å². The van der Waals surface area contributed by atoms with Crippen LogP contribution in [0.1, 0.15) is 38.3 Å². The van der Waals surface area contributed by atoms with Crippen molar-refractivity contribution in [2.45, 2.75) is 38.8 Å².